The molecule has 0 atom stereocenters. The Hall–Kier alpha value is -2.73. The number of aromatic amines is 1. The molecule has 0 aliphatic heterocycles. The van der Waals surface area contributed by atoms with Gasteiger partial charge in [0.05, 0.1) is 16.4 Å². The Bertz CT molecular complexity index is 1130. The second kappa shape index (κ2) is 6.78. The molecule has 0 radical (unpaired) electrons. The van der Waals surface area contributed by atoms with Crippen LogP contribution in [-0.4, -0.2) is 15.5 Å². The second-order valence-corrected chi connectivity index (χ2v) is 7.38. The van der Waals surface area contributed by atoms with Crippen molar-refractivity contribution in [2.24, 2.45) is 0 Å². The van der Waals surface area contributed by atoms with Gasteiger partial charge in [0, 0.05) is 12.1 Å². The molecule has 1 amide bonds. The molecule has 0 spiro atoms. The molecule has 3 aromatic rings. The predicted molar refractivity (Wildman–Crippen MR) is 109 cm³/mol. The Morgan fingerprint density at radius 1 is 1.22 bits per heavy atom. The van der Waals surface area contributed by atoms with Gasteiger partial charge in [-0.3, -0.25) is 14.2 Å². The highest BCUT2D eigenvalue weighted by Gasteiger charge is 2.40. The number of rotatable bonds is 4. The molecule has 6 heteroatoms. The summed E-state index contributed by atoms with van der Waals surface area (Å²) in [6.45, 7) is 2.38. The van der Waals surface area contributed by atoms with Crippen molar-refractivity contribution in [3.05, 3.63) is 74.8 Å². The van der Waals surface area contributed by atoms with Crippen LogP contribution in [0.4, 0.5) is 0 Å². The molecule has 0 unspecified atom stereocenters. The fourth-order valence-electron chi connectivity index (χ4n) is 3.75. The predicted octanol–water partition coefficient (Wildman–Crippen LogP) is 3.89. The number of carbonyl (C=O) groups excluding carboxylic acids is 1. The van der Waals surface area contributed by atoms with Crippen LogP contribution in [0.2, 0.25) is 0 Å². The Labute approximate surface area is 162 Å². The number of H-pyrrole nitrogens is 1. The number of aromatic nitrogens is 2. The summed E-state index contributed by atoms with van der Waals surface area (Å²) in [7, 11) is 0. The number of hydrogen-bond acceptors (Lipinski definition) is 3. The highest BCUT2D eigenvalue weighted by molar-refractivity contribution is 7.71. The van der Waals surface area contributed by atoms with Gasteiger partial charge in [-0.15, -0.1) is 0 Å². The van der Waals surface area contributed by atoms with E-state index in [1.165, 1.54) is 4.57 Å². The van der Waals surface area contributed by atoms with E-state index in [0.29, 0.717) is 27.8 Å². The second-order valence-electron chi connectivity index (χ2n) is 7.00. The van der Waals surface area contributed by atoms with E-state index in [1.807, 2.05) is 25.1 Å². The standard InChI is InChI=1S/C21H21N3O2S/c1-2-24-19(26)16-10-9-14(13-17(16)22-20(24)27)18(25)23-21(11-6-12-21)15-7-4-3-5-8-15/h3-5,7-10,13H,2,6,11-12H2,1H3,(H,22,27)(H,23,25). The molecular formula is C21H21N3O2S. The molecule has 1 aromatic heterocycles. The minimum absolute atomic E-state index is 0.136. The van der Waals surface area contributed by atoms with Gasteiger partial charge in [-0.2, -0.15) is 0 Å². The van der Waals surface area contributed by atoms with E-state index in [1.54, 1.807) is 18.2 Å². The Morgan fingerprint density at radius 2 is 1.96 bits per heavy atom. The SMILES string of the molecule is CCn1c(=S)[nH]c2cc(C(=O)NC3(c4ccccc4)CCC3)ccc2c1=O. The average molecular weight is 379 g/mol. The third-order valence-electron chi connectivity index (χ3n) is 5.45. The molecule has 4 rings (SSSR count). The van der Waals surface area contributed by atoms with Gasteiger partial charge in [0.1, 0.15) is 0 Å². The summed E-state index contributed by atoms with van der Waals surface area (Å²) in [5, 5.41) is 3.75. The highest BCUT2D eigenvalue weighted by Crippen LogP contribution is 2.41. The van der Waals surface area contributed by atoms with Crippen LogP contribution in [0.1, 0.15) is 42.1 Å². The highest BCUT2D eigenvalue weighted by atomic mass is 32.1. The smallest absolute Gasteiger partial charge is 0.262 e. The molecule has 2 aromatic carbocycles. The summed E-state index contributed by atoms with van der Waals surface area (Å²) in [4.78, 5) is 28.5. The van der Waals surface area contributed by atoms with Gasteiger partial charge >= 0.3 is 0 Å². The molecule has 1 fully saturated rings. The first-order chi connectivity index (χ1) is 13.0. The van der Waals surface area contributed by atoms with Crippen LogP contribution in [-0.2, 0) is 12.1 Å². The number of nitrogens with zero attached hydrogens (tertiary/aromatic N) is 1. The molecular weight excluding hydrogens is 358 g/mol. The summed E-state index contributed by atoms with van der Waals surface area (Å²) in [5.41, 5.74) is 1.80. The van der Waals surface area contributed by atoms with Crippen LogP contribution < -0.4 is 10.9 Å². The molecule has 1 heterocycles. The third kappa shape index (κ3) is 3.00. The van der Waals surface area contributed by atoms with Gasteiger partial charge in [0.25, 0.3) is 11.5 Å². The average Bonchev–Trinajstić information content (AvgIpc) is 2.65. The van der Waals surface area contributed by atoms with Gasteiger partial charge in [0.15, 0.2) is 4.77 Å². The molecule has 1 saturated carbocycles. The topological polar surface area (TPSA) is 66.9 Å². The minimum atomic E-state index is -0.300. The van der Waals surface area contributed by atoms with Gasteiger partial charge < -0.3 is 10.3 Å². The molecule has 0 saturated heterocycles. The molecule has 2 N–H and O–H groups in total. The number of benzene rings is 2. The lowest BCUT2D eigenvalue weighted by Crippen LogP contribution is -2.50. The Balaban J connectivity index is 1.69. The fourth-order valence-corrected chi connectivity index (χ4v) is 4.07. The Morgan fingerprint density at radius 3 is 2.59 bits per heavy atom. The van der Waals surface area contributed by atoms with Crippen molar-refractivity contribution in [3.63, 3.8) is 0 Å². The zero-order valence-electron chi connectivity index (χ0n) is 15.1. The number of nitrogens with one attached hydrogen (secondary N) is 2. The van der Waals surface area contributed by atoms with Crippen molar-refractivity contribution in [2.75, 3.05) is 0 Å². The Kier molecular flexibility index (Phi) is 4.44. The lowest BCUT2D eigenvalue weighted by molar-refractivity contribution is 0.0823. The number of fused-ring (bicyclic) bond motifs is 1. The van der Waals surface area contributed by atoms with Gasteiger partial charge in [-0.25, -0.2) is 0 Å². The summed E-state index contributed by atoms with van der Waals surface area (Å²) < 4.78 is 1.88. The molecule has 0 bridgehead atoms. The van der Waals surface area contributed by atoms with Gasteiger partial charge in [0.2, 0.25) is 0 Å². The van der Waals surface area contributed by atoms with Crippen molar-refractivity contribution in [1.29, 1.82) is 0 Å². The van der Waals surface area contributed by atoms with Crippen LogP contribution >= 0.6 is 12.2 Å². The number of hydrogen-bond donors (Lipinski definition) is 2. The van der Waals surface area contributed by atoms with Crippen molar-refractivity contribution in [1.82, 2.24) is 14.9 Å². The van der Waals surface area contributed by atoms with Crippen LogP contribution in [0.5, 0.6) is 0 Å². The molecule has 1 aliphatic carbocycles. The van der Waals surface area contributed by atoms with Crippen LogP contribution in [0, 0.1) is 4.77 Å². The minimum Gasteiger partial charge on any atom is -0.343 e. The lowest BCUT2D eigenvalue weighted by Gasteiger charge is -2.43. The third-order valence-corrected chi connectivity index (χ3v) is 5.77. The fraction of sp³-hybridized carbons (Fsp3) is 0.286. The van der Waals surface area contributed by atoms with E-state index in [2.05, 4.69) is 22.4 Å². The summed E-state index contributed by atoms with van der Waals surface area (Å²) in [5.74, 6) is -0.139. The zero-order valence-corrected chi connectivity index (χ0v) is 15.9. The monoisotopic (exact) mass is 379 g/mol. The molecule has 27 heavy (non-hydrogen) atoms. The first-order valence-corrected chi connectivity index (χ1v) is 9.60. The van der Waals surface area contributed by atoms with E-state index in [0.717, 1.165) is 24.8 Å². The van der Waals surface area contributed by atoms with Crippen molar-refractivity contribution < 1.29 is 4.79 Å². The summed E-state index contributed by atoms with van der Waals surface area (Å²) in [6, 6.07) is 15.2. The number of carbonyl (C=O) groups is 1. The first-order valence-electron chi connectivity index (χ1n) is 9.19. The quantitative estimate of drug-likeness (QED) is 0.676. The normalized spacial score (nSPS) is 15.3. The van der Waals surface area contributed by atoms with Crippen LogP contribution in [0.3, 0.4) is 0 Å². The summed E-state index contributed by atoms with van der Waals surface area (Å²) in [6.07, 6.45) is 2.95. The van der Waals surface area contributed by atoms with Gasteiger partial charge in [-0.1, -0.05) is 30.3 Å². The molecule has 1 aliphatic rings. The maximum atomic E-state index is 12.9. The first kappa shape index (κ1) is 17.7. The van der Waals surface area contributed by atoms with E-state index >= 15 is 0 Å². The maximum Gasteiger partial charge on any atom is 0.262 e. The van der Waals surface area contributed by atoms with E-state index in [9.17, 15) is 9.59 Å². The molecule has 5 nitrogen and oxygen atoms in total. The van der Waals surface area contributed by atoms with Gasteiger partial charge in [-0.05, 0) is 62.2 Å². The van der Waals surface area contributed by atoms with E-state index in [-0.39, 0.29) is 17.0 Å². The zero-order chi connectivity index (χ0) is 19.0. The lowest BCUT2D eigenvalue weighted by atomic mass is 9.71. The summed E-state index contributed by atoms with van der Waals surface area (Å²) >= 11 is 5.26. The number of amides is 1. The van der Waals surface area contributed by atoms with Crippen molar-refractivity contribution in [2.45, 2.75) is 38.3 Å². The van der Waals surface area contributed by atoms with Crippen molar-refractivity contribution >= 4 is 29.0 Å². The maximum absolute atomic E-state index is 12.9. The largest absolute Gasteiger partial charge is 0.343 e. The van der Waals surface area contributed by atoms with Crippen molar-refractivity contribution in [3.8, 4) is 0 Å². The van der Waals surface area contributed by atoms with E-state index in [4.69, 9.17) is 12.2 Å². The van der Waals surface area contributed by atoms with Crippen LogP contribution in [0.15, 0.2) is 53.3 Å². The van der Waals surface area contributed by atoms with E-state index < -0.39 is 0 Å². The molecule has 138 valence electrons. The van der Waals surface area contributed by atoms with Crippen LogP contribution in [0.25, 0.3) is 10.9 Å².